The van der Waals surface area contributed by atoms with Gasteiger partial charge in [-0.15, -0.1) is 5.10 Å². The lowest BCUT2D eigenvalue weighted by molar-refractivity contribution is -0.132. The monoisotopic (exact) mass is 237 g/mol. The number of nitrogens with zero attached hydrogens (tertiary/aromatic N) is 3. The Kier molecular flexibility index (Phi) is 3.08. The zero-order chi connectivity index (χ0) is 12.4. The highest BCUT2D eigenvalue weighted by molar-refractivity contribution is 5.90. The molecule has 7 heteroatoms. The van der Waals surface area contributed by atoms with Crippen molar-refractivity contribution in [2.24, 2.45) is 0 Å². The Hall–Kier alpha value is -1.92. The van der Waals surface area contributed by atoms with Crippen LogP contribution in [-0.4, -0.2) is 51.5 Å². The number of carbonyl (C=O) groups is 2. The predicted octanol–water partition coefficient (Wildman–Crippen LogP) is -0.536. The number of carbonyl (C=O) groups excluding carboxylic acids is 2. The Balaban J connectivity index is 1.93. The summed E-state index contributed by atoms with van der Waals surface area (Å²) < 4.78 is 0. The number of likely N-dealkylation sites (N-methyl/N-ethyl adjacent to an activating group) is 1. The van der Waals surface area contributed by atoms with Crippen LogP contribution < -0.4 is 5.32 Å². The molecule has 92 valence electrons. The van der Waals surface area contributed by atoms with Crippen LogP contribution in [0.2, 0.25) is 0 Å². The van der Waals surface area contributed by atoms with E-state index in [1.165, 1.54) is 0 Å². The van der Waals surface area contributed by atoms with Gasteiger partial charge in [0.15, 0.2) is 0 Å². The topological polar surface area (TPSA) is 91.0 Å². The highest BCUT2D eigenvalue weighted by Crippen LogP contribution is 2.09. The summed E-state index contributed by atoms with van der Waals surface area (Å²) in [4.78, 5) is 28.6. The molecule has 2 rings (SSSR count). The summed E-state index contributed by atoms with van der Waals surface area (Å²) >= 11 is 0. The van der Waals surface area contributed by atoms with E-state index in [0.717, 1.165) is 0 Å². The number of likely N-dealkylation sites (tertiary alicyclic amines) is 1. The highest BCUT2D eigenvalue weighted by Gasteiger charge is 2.25. The number of aryl methyl sites for hydroxylation is 1. The molecule has 2 amide bonds. The van der Waals surface area contributed by atoms with Crippen LogP contribution >= 0.6 is 0 Å². The van der Waals surface area contributed by atoms with Crippen LogP contribution in [0.25, 0.3) is 0 Å². The second kappa shape index (κ2) is 4.52. The molecule has 0 bridgehead atoms. The van der Waals surface area contributed by atoms with Gasteiger partial charge in [0.2, 0.25) is 11.7 Å². The highest BCUT2D eigenvalue weighted by atomic mass is 16.2. The van der Waals surface area contributed by atoms with Crippen molar-refractivity contribution < 1.29 is 9.59 Å². The molecule has 1 unspecified atom stereocenters. The molecule has 1 aliphatic rings. The Labute approximate surface area is 98.6 Å². The summed E-state index contributed by atoms with van der Waals surface area (Å²) in [5.74, 6) is 0.555. The fourth-order valence-corrected chi connectivity index (χ4v) is 1.82. The summed E-state index contributed by atoms with van der Waals surface area (Å²) in [6.07, 6.45) is 1.13. The SMILES string of the molecule is Cc1nc(C(=O)NC2CCC(=O)N(C)C2)n[nH]1. The van der Waals surface area contributed by atoms with Crippen LogP contribution in [-0.2, 0) is 4.79 Å². The van der Waals surface area contributed by atoms with Gasteiger partial charge < -0.3 is 10.2 Å². The fraction of sp³-hybridized carbons (Fsp3) is 0.600. The Bertz CT molecular complexity index is 442. The summed E-state index contributed by atoms with van der Waals surface area (Å²) in [6.45, 7) is 2.27. The number of H-pyrrole nitrogens is 1. The van der Waals surface area contributed by atoms with Crippen LogP contribution in [0.1, 0.15) is 29.3 Å². The molecule has 1 aromatic rings. The van der Waals surface area contributed by atoms with Crippen molar-refractivity contribution in [3.8, 4) is 0 Å². The first kappa shape index (κ1) is 11.6. The van der Waals surface area contributed by atoms with Crippen LogP contribution in [0.4, 0.5) is 0 Å². The van der Waals surface area contributed by atoms with Crippen molar-refractivity contribution in [2.75, 3.05) is 13.6 Å². The number of piperidine rings is 1. The molecule has 1 aliphatic heterocycles. The summed E-state index contributed by atoms with van der Waals surface area (Å²) in [7, 11) is 1.73. The molecule has 0 aliphatic carbocycles. The van der Waals surface area contributed by atoms with Gasteiger partial charge in [0, 0.05) is 26.1 Å². The van der Waals surface area contributed by atoms with Gasteiger partial charge in [0.05, 0.1) is 0 Å². The third-order valence-corrected chi connectivity index (χ3v) is 2.76. The molecule has 1 saturated heterocycles. The van der Waals surface area contributed by atoms with Crippen LogP contribution in [0, 0.1) is 6.92 Å². The van der Waals surface area contributed by atoms with Crippen molar-refractivity contribution in [1.29, 1.82) is 0 Å². The molecule has 1 aromatic heterocycles. The first-order valence-corrected chi connectivity index (χ1v) is 5.50. The molecule has 0 saturated carbocycles. The molecular weight excluding hydrogens is 222 g/mol. The molecule has 0 aromatic carbocycles. The minimum absolute atomic E-state index is 0.0241. The second-order valence-electron chi connectivity index (χ2n) is 4.23. The van der Waals surface area contributed by atoms with Gasteiger partial charge in [-0.25, -0.2) is 4.98 Å². The zero-order valence-corrected chi connectivity index (χ0v) is 9.86. The molecule has 1 fully saturated rings. The van der Waals surface area contributed by atoms with Crippen molar-refractivity contribution in [1.82, 2.24) is 25.4 Å². The molecule has 1 atom stereocenters. The van der Waals surface area contributed by atoms with Crippen molar-refractivity contribution in [2.45, 2.75) is 25.8 Å². The lowest BCUT2D eigenvalue weighted by Crippen LogP contribution is -2.48. The third kappa shape index (κ3) is 2.61. The molecule has 2 N–H and O–H groups in total. The van der Waals surface area contributed by atoms with E-state index in [2.05, 4.69) is 20.5 Å². The molecular formula is C10H15N5O2. The number of hydrogen-bond acceptors (Lipinski definition) is 4. The average molecular weight is 237 g/mol. The Morgan fingerprint density at radius 2 is 2.35 bits per heavy atom. The van der Waals surface area contributed by atoms with E-state index < -0.39 is 0 Å². The maximum atomic E-state index is 11.8. The van der Waals surface area contributed by atoms with Gasteiger partial charge >= 0.3 is 0 Å². The second-order valence-corrected chi connectivity index (χ2v) is 4.23. The van der Waals surface area contributed by atoms with Crippen molar-refractivity contribution >= 4 is 11.8 Å². The maximum absolute atomic E-state index is 11.8. The summed E-state index contributed by atoms with van der Waals surface area (Å²) in [5, 5.41) is 9.22. The minimum Gasteiger partial charge on any atom is -0.345 e. The van der Waals surface area contributed by atoms with E-state index >= 15 is 0 Å². The van der Waals surface area contributed by atoms with Gasteiger partial charge in [0.1, 0.15) is 5.82 Å². The summed E-state index contributed by atoms with van der Waals surface area (Å²) in [6, 6.07) is -0.0241. The Morgan fingerprint density at radius 1 is 1.59 bits per heavy atom. The number of aromatic nitrogens is 3. The lowest BCUT2D eigenvalue weighted by Gasteiger charge is -2.29. The van der Waals surface area contributed by atoms with E-state index in [9.17, 15) is 9.59 Å². The van der Waals surface area contributed by atoms with Crippen LogP contribution in [0.3, 0.4) is 0 Å². The molecule has 0 radical (unpaired) electrons. The largest absolute Gasteiger partial charge is 0.345 e. The molecule has 7 nitrogen and oxygen atoms in total. The number of nitrogens with one attached hydrogen (secondary N) is 2. The number of aromatic amines is 1. The van der Waals surface area contributed by atoms with E-state index in [1.807, 2.05) is 0 Å². The van der Waals surface area contributed by atoms with Crippen LogP contribution in [0.15, 0.2) is 0 Å². The first-order chi connectivity index (χ1) is 8.06. The smallest absolute Gasteiger partial charge is 0.291 e. The van der Waals surface area contributed by atoms with Gasteiger partial charge in [-0.05, 0) is 13.3 Å². The van der Waals surface area contributed by atoms with Crippen LogP contribution in [0.5, 0.6) is 0 Å². The minimum atomic E-state index is -0.304. The quantitative estimate of drug-likeness (QED) is 0.723. The van der Waals surface area contributed by atoms with Gasteiger partial charge in [-0.2, -0.15) is 0 Å². The van der Waals surface area contributed by atoms with Gasteiger partial charge in [0.25, 0.3) is 5.91 Å². The lowest BCUT2D eigenvalue weighted by atomic mass is 10.1. The maximum Gasteiger partial charge on any atom is 0.291 e. The van der Waals surface area contributed by atoms with E-state index in [0.29, 0.717) is 25.2 Å². The number of amides is 2. The summed E-state index contributed by atoms with van der Waals surface area (Å²) in [5.41, 5.74) is 0. The van der Waals surface area contributed by atoms with Crippen molar-refractivity contribution in [3.63, 3.8) is 0 Å². The Morgan fingerprint density at radius 3 is 2.94 bits per heavy atom. The number of rotatable bonds is 2. The first-order valence-electron chi connectivity index (χ1n) is 5.50. The molecule has 0 spiro atoms. The fourth-order valence-electron chi connectivity index (χ4n) is 1.82. The van der Waals surface area contributed by atoms with E-state index in [1.54, 1.807) is 18.9 Å². The van der Waals surface area contributed by atoms with Gasteiger partial charge in [-0.3, -0.25) is 14.7 Å². The number of hydrogen-bond donors (Lipinski definition) is 2. The zero-order valence-electron chi connectivity index (χ0n) is 9.86. The standard InChI is InChI=1S/C10H15N5O2/c1-6-11-9(14-13-6)10(17)12-7-3-4-8(16)15(2)5-7/h7H,3-5H2,1-2H3,(H,12,17)(H,11,13,14). The predicted molar refractivity (Wildman–Crippen MR) is 59.2 cm³/mol. The van der Waals surface area contributed by atoms with Crippen molar-refractivity contribution in [3.05, 3.63) is 11.6 Å². The third-order valence-electron chi connectivity index (χ3n) is 2.76. The molecule has 2 heterocycles. The molecule has 17 heavy (non-hydrogen) atoms. The van der Waals surface area contributed by atoms with E-state index in [-0.39, 0.29) is 23.7 Å². The average Bonchev–Trinajstić information content (AvgIpc) is 2.70. The van der Waals surface area contributed by atoms with Gasteiger partial charge in [-0.1, -0.05) is 0 Å². The van der Waals surface area contributed by atoms with E-state index in [4.69, 9.17) is 0 Å². The normalized spacial score (nSPS) is 20.5.